The van der Waals surface area contributed by atoms with E-state index in [1.165, 1.54) is 18.4 Å². The predicted molar refractivity (Wildman–Crippen MR) is 101 cm³/mol. The van der Waals surface area contributed by atoms with Crippen LogP contribution in [0.3, 0.4) is 0 Å². The number of ether oxygens (including phenoxy) is 1. The molecule has 26 heavy (non-hydrogen) atoms. The van der Waals surface area contributed by atoms with Gasteiger partial charge in [-0.25, -0.2) is 4.79 Å². The summed E-state index contributed by atoms with van der Waals surface area (Å²) in [4.78, 5) is 31.4. The molecule has 2 rings (SSSR count). The quantitative estimate of drug-likeness (QED) is 0.713. The third kappa shape index (κ3) is 6.30. The molecule has 0 bridgehead atoms. The molecule has 144 valence electrons. The monoisotopic (exact) mass is 361 g/mol. The van der Waals surface area contributed by atoms with Crippen LogP contribution >= 0.6 is 0 Å². The first-order valence-electron chi connectivity index (χ1n) is 9.36. The van der Waals surface area contributed by atoms with Crippen LogP contribution in [0.15, 0.2) is 24.3 Å². The van der Waals surface area contributed by atoms with Crippen molar-refractivity contribution < 1.29 is 19.1 Å². The lowest BCUT2D eigenvalue weighted by Crippen LogP contribution is -2.50. The summed E-state index contributed by atoms with van der Waals surface area (Å²) in [5.41, 5.74) is 2.38. The van der Waals surface area contributed by atoms with Gasteiger partial charge in [-0.05, 0) is 51.7 Å². The minimum absolute atomic E-state index is 0.0767. The summed E-state index contributed by atoms with van der Waals surface area (Å²) >= 11 is 0. The second-order valence-corrected chi connectivity index (χ2v) is 7.44. The lowest BCUT2D eigenvalue weighted by atomic mass is 9.98. The summed E-state index contributed by atoms with van der Waals surface area (Å²) in [6, 6.07) is 8.76. The minimum atomic E-state index is -0.219. The number of carbonyl (C=O) groups excluding carboxylic acids is 3. The number of hydrogen-bond acceptors (Lipinski definition) is 5. The molecule has 0 aliphatic heterocycles. The molecular weight excluding hydrogens is 330 g/mol. The molecule has 0 radical (unpaired) electrons. The Morgan fingerprint density at radius 1 is 1.08 bits per heavy atom. The second-order valence-electron chi connectivity index (χ2n) is 7.44. The van der Waals surface area contributed by atoms with E-state index in [1.807, 2.05) is 13.8 Å². The van der Waals surface area contributed by atoms with E-state index in [2.05, 4.69) is 49.9 Å². The summed E-state index contributed by atoms with van der Waals surface area (Å²) in [5.74, 6) is 0.116. The number of rotatable bonds is 6. The first-order chi connectivity index (χ1) is 12.3. The van der Waals surface area contributed by atoms with Crippen molar-refractivity contribution in [3.8, 4) is 0 Å². The van der Waals surface area contributed by atoms with Crippen molar-refractivity contribution in [2.45, 2.75) is 78.5 Å². The van der Waals surface area contributed by atoms with Gasteiger partial charge in [-0.3, -0.25) is 0 Å². The van der Waals surface area contributed by atoms with Gasteiger partial charge in [-0.2, -0.15) is 9.59 Å². The smallest absolute Gasteiger partial charge is 0.373 e. The second kappa shape index (κ2) is 10.8. The third-order valence-corrected chi connectivity index (χ3v) is 4.57. The van der Waals surface area contributed by atoms with E-state index < -0.39 is 0 Å². The lowest BCUT2D eigenvalue weighted by Gasteiger charge is -2.39. The highest BCUT2D eigenvalue weighted by atomic mass is 16.5. The van der Waals surface area contributed by atoms with Crippen molar-refractivity contribution in [2.24, 2.45) is 5.92 Å². The topological polar surface area (TPSA) is 63.7 Å². The fraction of sp³-hybridized carbons (Fsp3) is 0.619. The summed E-state index contributed by atoms with van der Waals surface area (Å²) in [6.07, 6.45) is 4.99. The van der Waals surface area contributed by atoms with Crippen LogP contribution in [0, 0.1) is 12.8 Å². The Balaban J connectivity index is 0.00000105. The number of hydrogen-bond donors (Lipinski definition) is 0. The molecule has 0 amide bonds. The molecular formula is C21H31NO4. The van der Waals surface area contributed by atoms with Crippen molar-refractivity contribution >= 4 is 17.8 Å². The summed E-state index contributed by atoms with van der Waals surface area (Å²) < 4.78 is 5.58. The number of nitrogens with zero attached hydrogens (tertiary/aromatic N) is 1. The molecule has 1 aromatic rings. The number of benzene rings is 1. The van der Waals surface area contributed by atoms with Gasteiger partial charge in [0.1, 0.15) is 6.04 Å². The molecule has 1 unspecified atom stereocenters. The molecule has 1 fully saturated rings. The molecule has 5 heteroatoms. The van der Waals surface area contributed by atoms with Crippen LogP contribution < -0.4 is 4.90 Å². The van der Waals surface area contributed by atoms with E-state index in [4.69, 9.17) is 14.3 Å². The van der Waals surface area contributed by atoms with E-state index in [0.717, 1.165) is 18.5 Å². The van der Waals surface area contributed by atoms with Crippen molar-refractivity contribution in [3.05, 3.63) is 29.8 Å². The average molecular weight is 361 g/mol. The first kappa shape index (κ1) is 21.9. The molecule has 0 N–H and O–H groups in total. The van der Waals surface area contributed by atoms with Crippen molar-refractivity contribution in [2.75, 3.05) is 4.90 Å². The lowest BCUT2D eigenvalue weighted by molar-refractivity contribution is -0.191. The van der Waals surface area contributed by atoms with E-state index in [1.54, 1.807) is 0 Å². The molecule has 1 atom stereocenters. The van der Waals surface area contributed by atoms with Crippen molar-refractivity contribution in [1.82, 2.24) is 0 Å². The highest BCUT2D eigenvalue weighted by Gasteiger charge is 2.36. The summed E-state index contributed by atoms with van der Waals surface area (Å²) in [5, 5.41) is 0. The van der Waals surface area contributed by atoms with E-state index in [9.17, 15) is 4.79 Å². The van der Waals surface area contributed by atoms with Gasteiger partial charge in [0.05, 0.1) is 6.10 Å². The maximum atomic E-state index is 12.8. The van der Waals surface area contributed by atoms with E-state index in [0.29, 0.717) is 6.04 Å². The normalized spacial score (nSPS) is 15.2. The SMILES string of the molecule is Cc1ccc(N(C2CCCC2)C(C(=O)OC(C)C)C(C)C)cc1.O=C=O. The number of carbonyl (C=O) groups is 1. The van der Waals surface area contributed by atoms with Crippen LogP contribution in [0.4, 0.5) is 5.69 Å². The van der Waals surface area contributed by atoms with Gasteiger partial charge >= 0.3 is 12.1 Å². The molecule has 1 aromatic carbocycles. The predicted octanol–water partition coefficient (Wildman–Crippen LogP) is 4.14. The van der Waals surface area contributed by atoms with Gasteiger partial charge in [0.2, 0.25) is 0 Å². The van der Waals surface area contributed by atoms with Gasteiger partial charge in [-0.1, -0.05) is 44.4 Å². The van der Waals surface area contributed by atoms with Gasteiger partial charge in [-0.15, -0.1) is 0 Å². The van der Waals surface area contributed by atoms with Crippen LogP contribution in [0.5, 0.6) is 0 Å². The molecule has 0 spiro atoms. The summed E-state index contributed by atoms with van der Waals surface area (Å²) in [6.45, 7) is 10.2. The Morgan fingerprint density at radius 2 is 1.58 bits per heavy atom. The average Bonchev–Trinajstić information content (AvgIpc) is 3.07. The van der Waals surface area contributed by atoms with E-state index >= 15 is 0 Å². The van der Waals surface area contributed by atoms with Crippen molar-refractivity contribution in [3.63, 3.8) is 0 Å². The zero-order chi connectivity index (χ0) is 19.7. The number of esters is 1. The minimum Gasteiger partial charge on any atom is -0.461 e. The van der Waals surface area contributed by atoms with Crippen LogP contribution in [-0.4, -0.2) is 30.3 Å². The molecule has 1 aliphatic carbocycles. The number of anilines is 1. The maximum absolute atomic E-state index is 12.8. The van der Waals surface area contributed by atoms with Crippen LogP contribution in [-0.2, 0) is 19.1 Å². The highest BCUT2D eigenvalue weighted by molar-refractivity contribution is 5.81. The standard InChI is InChI=1S/C20H31NO2.CO2/c1-14(2)19(20(22)23-15(3)4)21(17-8-6-7-9-17)18-12-10-16(5)11-13-18;2-1-3/h10-15,17,19H,6-9H2,1-5H3;. The largest absolute Gasteiger partial charge is 0.461 e. The molecule has 0 saturated heterocycles. The molecule has 0 heterocycles. The van der Waals surface area contributed by atoms with Gasteiger partial charge in [0.15, 0.2) is 0 Å². The molecule has 0 aromatic heterocycles. The molecule has 1 aliphatic rings. The van der Waals surface area contributed by atoms with Gasteiger partial charge < -0.3 is 9.64 Å². The van der Waals surface area contributed by atoms with Gasteiger partial charge in [0, 0.05) is 11.7 Å². The van der Waals surface area contributed by atoms with E-state index in [-0.39, 0.29) is 30.2 Å². The van der Waals surface area contributed by atoms with Crippen molar-refractivity contribution in [1.29, 1.82) is 0 Å². The molecule has 5 nitrogen and oxygen atoms in total. The zero-order valence-electron chi connectivity index (χ0n) is 16.5. The van der Waals surface area contributed by atoms with Crippen LogP contribution in [0.1, 0.15) is 58.9 Å². The first-order valence-corrected chi connectivity index (χ1v) is 9.36. The summed E-state index contributed by atoms with van der Waals surface area (Å²) in [7, 11) is 0. The van der Waals surface area contributed by atoms with Crippen LogP contribution in [0.25, 0.3) is 0 Å². The third-order valence-electron chi connectivity index (χ3n) is 4.57. The Bertz CT molecular complexity index is 583. The fourth-order valence-electron chi connectivity index (χ4n) is 3.51. The zero-order valence-corrected chi connectivity index (χ0v) is 16.5. The number of aryl methyl sites for hydroxylation is 1. The maximum Gasteiger partial charge on any atom is 0.373 e. The Labute approximate surface area is 156 Å². The highest BCUT2D eigenvalue weighted by Crippen LogP contribution is 2.33. The fourth-order valence-corrected chi connectivity index (χ4v) is 3.51. The Morgan fingerprint density at radius 3 is 2.00 bits per heavy atom. The van der Waals surface area contributed by atoms with Crippen LogP contribution in [0.2, 0.25) is 0 Å². The Hall–Kier alpha value is -2.13. The Kier molecular flexibility index (Phi) is 9.08. The van der Waals surface area contributed by atoms with Gasteiger partial charge in [0.25, 0.3) is 0 Å². The molecule has 1 saturated carbocycles.